The van der Waals surface area contributed by atoms with Crippen molar-refractivity contribution < 1.29 is 30.4 Å². The van der Waals surface area contributed by atoms with Crippen LogP contribution in [0.15, 0.2) is 45.6 Å². The van der Waals surface area contributed by atoms with Crippen molar-refractivity contribution in [1.29, 1.82) is 0 Å². The highest BCUT2D eigenvalue weighted by molar-refractivity contribution is 7.90. The third kappa shape index (κ3) is 6.42. The number of carbonyl (C=O) groups is 1. The third-order valence-electron chi connectivity index (χ3n) is 6.46. The van der Waals surface area contributed by atoms with Crippen LogP contribution in [0.3, 0.4) is 0 Å². The van der Waals surface area contributed by atoms with Gasteiger partial charge in [0.15, 0.2) is 20.0 Å². The predicted molar refractivity (Wildman–Crippen MR) is 137 cm³/mol. The van der Waals surface area contributed by atoms with Gasteiger partial charge in [0.25, 0.3) is 15.9 Å². The minimum atomic E-state index is -3.82. The number of nitrogens with zero attached hydrogens (tertiary/aromatic N) is 3. The van der Waals surface area contributed by atoms with E-state index in [1.807, 2.05) is 11.9 Å². The number of hydrogen-bond acceptors (Lipinski definition) is 8. The van der Waals surface area contributed by atoms with Gasteiger partial charge in [0.05, 0.1) is 4.90 Å². The number of hydrogen-bond donors (Lipinski definition) is 1. The van der Waals surface area contributed by atoms with E-state index < -0.39 is 44.0 Å². The van der Waals surface area contributed by atoms with E-state index in [2.05, 4.69) is 10.3 Å². The molecule has 1 aliphatic carbocycles. The summed E-state index contributed by atoms with van der Waals surface area (Å²) in [6, 6.07) is 5.59. The summed E-state index contributed by atoms with van der Waals surface area (Å²) in [5.74, 6) is -1.19. The second-order valence-electron chi connectivity index (χ2n) is 9.29. The van der Waals surface area contributed by atoms with Gasteiger partial charge >= 0.3 is 0 Å². The van der Waals surface area contributed by atoms with Crippen LogP contribution in [0.1, 0.15) is 18.4 Å². The molecule has 0 bridgehead atoms. The van der Waals surface area contributed by atoms with Gasteiger partial charge in [0.1, 0.15) is 12.3 Å². The maximum atomic E-state index is 13.8. The number of benzene rings is 1. The number of halogens is 2. The van der Waals surface area contributed by atoms with E-state index in [4.69, 9.17) is 0 Å². The van der Waals surface area contributed by atoms with E-state index in [0.29, 0.717) is 31.7 Å². The Bertz CT molecular complexity index is 1380. The number of likely N-dealkylation sites (N-methyl/N-ethyl adjacent to an activating group) is 1. The van der Waals surface area contributed by atoms with Crippen LogP contribution in [0.2, 0.25) is 0 Å². The van der Waals surface area contributed by atoms with Crippen molar-refractivity contribution >= 4 is 47.8 Å². The molecular weight excluding hydrogens is 546 g/mol. The first-order chi connectivity index (χ1) is 17.3. The van der Waals surface area contributed by atoms with E-state index >= 15 is 0 Å². The number of piperazine rings is 1. The minimum absolute atomic E-state index is 0.0505. The Morgan fingerprint density at radius 3 is 2.22 bits per heavy atom. The molecule has 2 fully saturated rings. The molecule has 1 aromatic heterocycles. The first-order valence-electron chi connectivity index (χ1n) is 11.6. The van der Waals surface area contributed by atoms with Crippen molar-refractivity contribution in [2.24, 2.45) is 5.92 Å². The number of carbonyl (C=O) groups excluding carboxylic acids is 1. The molecule has 1 saturated heterocycles. The van der Waals surface area contributed by atoms with Crippen molar-refractivity contribution in [3.8, 4) is 0 Å². The average molecular weight is 575 g/mol. The summed E-state index contributed by atoms with van der Waals surface area (Å²) in [5, 5.41) is 3.82. The van der Waals surface area contributed by atoms with Gasteiger partial charge < -0.3 is 4.90 Å². The van der Waals surface area contributed by atoms with Gasteiger partial charge in [0.2, 0.25) is 0 Å². The molecule has 1 amide bonds. The van der Waals surface area contributed by atoms with Crippen LogP contribution >= 0.6 is 11.3 Å². The van der Waals surface area contributed by atoms with E-state index in [1.165, 1.54) is 40.0 Å². The number of nitrogens with one attached hydrogen (secondary N) is 1. The van der Waals surface area contributed by atoms with Crippen LogP contribution in [0, 0.1) is 5.92 Å². The lowest BCUT2D eigenvalue weighted by Crippen LogP contribution is -2.47. The van der Waals surface area contributed by atoms with E-state index in [-0.39, 0.29) is 33.5 Å². The SMILES string of the molecule is CN1CCN(S(=O)(=O)c2csc(NC(=O)/C(=C/C3C[C@@H](F)[C@@H](F)C3)c3ccc(S(C)(=O)=O)cc3)n2)CC1. The van der Waals surface area contributed by atoms with E-state index in [1.54, 1.807) is 0 Å². The third-order valence-corrected chi connectivity index (χ3v) is 10.3. The largest absolute Gasteiger partial charge is 0.304 e. The van der Waals surface area contributed by atoms with Gasteiger partial charge in [-0.25, -0.2) is 30.6 Å². The quantitative estimate of drug-likeness (QED) is 0.506. The molecular formula is C23H28F2N4O5S3. The molecule has 37 heavy (non-hydrogen) atoms. The second kappa shape index (κ2) is 10.8. The van der Waals surface area contributed by atoms with Crippen LogP contribution in [0.25, 0.3) is 5.57 Å². The molecule has 14 heteroatoms. The normalized spacial score (nSPS) is 24.3. The highest BCUT2D eigenvalue weighted by atomic mass is 32.2. The lowest BCUT2D eigenvalue weighted by molar-refractivity contribution is -0.111. The molecule has 2 aliphatic rings. The molecule has 1 aliphatic heterocycles. The number of rotatable bonds is 7. The Balaban J connectivity index is 1.58. The molecule has 0 radical (unpaired) electrons. The lowest BCUT2D eigenvalue weighted by atomic mass is 9.98. The van der Waals surface area contributed by atoms with Crippen molar-refractivity contribution in [2.45, 2.75) is 35.1 Å². The molecule has 2 aromatic rings. The number of anilines is 1. The predicted octanol–water partition coefficient (Wildman–Crippen LogP) is 2.59. The molecule has 1 unspecified atom stereocenters. The Morgan fingerprint density at radius 2 is 1.65 bits per heavy atom. The Morgan fingerprint density at radius 1 is 1.05 bits per heavy atom. The number of sulfone groups is 1. The van der Waals surface area contributed by atoms with E-state index in [9.17, 15) is 30.4 Å². The zero-order valence-electron chi connectivity index (χ0n) is 20.3. The van der Waals surface area contributed by atoms with Crippen LogP contribution < -0.4 is 5.32 Å². The van der Waals surface area contributed by atoms with Gasteiger partial charge in [-0.3, -0.25) is 10.1 Å². The van der Waals surface area contributed by atoms with Crippen molar-refractivity contribution in [3.05, 3.63) is 41.3 Å². The first kappa shape index (κ1) is 27.8. The van der Waals surface area contributed by atoms with Gasteiger partial charge in [-0.15, -0.1) is 11.3 Å². The molecule has 1 saturated carbocycles. The number of thiazole rings is 1. The topological polar surface area (TPSA) is 117 Å². The zero-order chi connectivity index (χ0) is 27.0. The number of aromatic nitrogens is 1. The highest BCUT2D eigenvalue weighted by Gasteiger charge is 2.34. The van der Waals surface area contributed by atoms with Crippen LogP contribution in [-0.2, 0) is 24.7 Å². The Hall–Kier alpha value is -2.26. The summed E-state index contributed by atoms with van der Waals surface area (Å²) >= 11 is 0.945. The van der Waals surface area contributed by atoms with Gasteiger partial charge in [-0.1, -0.05) is 18.2 Å². The summed E-state index contributed by atoms with van der Waals surface area (Å²) in [7, 11) is -5.38. The summed E-state index contributed by atoms with van der Waals surface area (Å²) in [6.07, 6.45) is -0.872. The van der Waals surface area contributed by atoms with Gasteiger partial charge in [0, 0.05) is 43.4 Å². The van der Waals surface area contributed by atoms with Gasteiger partial charge in [-0.2, -0.15) is 4.31 Å². The summed E-state index contributed by atoms with van der Waals surface area (Å²) in [4.78, 5) is 19.5. The first-order valence-corrected chi connectivity index (χ1v) is 15.8. The summed E-state index contributed by atoms with van der Waals surface area (Å²) < 4.78 is 78.5. The fourth-order valence-corrected chi connectivity index (χ4v) is 7.29. The molecule has 1 N–H and O–H groups in total. The lowest BCUT2D eigenvalue weighted by Gasteiger charge is -2.30. The van der Waals surface area contributed by atoms with E-state index in [0.717, 1.165) is 17.6 Å². The average Bonchev–Trinajstić information content (AvgIpc) is 3.43. The number of allylic oxidation sites excluding steroid dienone is 1. The highest BCUT2D eigenvalue weighted by Crippen LogP contribution is 2.34. The maximum absolute atomic E-state index is 13.8. The Kier molecular flexibility index (Phi) is 8.14. The second-order valence-corrected chi connectivity index (χ2v) is 14.1. The molecule has 0 spiro atoms. The molecule has 2 heterocycles. The monoisotopic (exact) mass is 574 g/mol. The molecule has 3 atom stereocenters. The fraction of sp³-hybridized carbons (Fsp3) is 0.478. The zero-order valence-corrected chi connectivity index (χ0v) is 22.8. The minimum Gasteiger partial charge on any atom is -0.304 e. The maximum Gasteiger partial charge on any atom is 0.261 e. The van der Waals surface area contributed by atoms with Crippen LogP contribution in [-0.4, -0.2) is 88.8 Å². The molecule has 1 aromatic carbocycles. The number of amides is 1. The Labute approximate surface area is 219 Å². The number of alkyl halides is 2. The number of sulfonamides is 1. The summed E-state index contributed by atoms with van der Waals surface area (Å²) in [6.45, 7) is 1.86. The smallest absolute Gasteiger partial charge is 0.261 e. The molecule has 202 valence electrons. The standard InChI is InChI=1S/C23H28F2N4O5S3/c1-28-7-9-29(10-8-28)37(33,34)21-14-35-23(26-21)27-22(30)18(11-15-12-19(24)20(25)13-15)16-3-5-17(6-4-16)36(2,31)32/h3-6,11,14-15,19-20H,7-10,12-13H2,1-2H3,(H,26,27,30)/b18-11+/t15?,19-,20+. The van der Waals surface area contributed by atoms with Crippen molar-refractivity contribution in [3.63, 3.8) is 0 Å². The van der Waals surface area contributed by atoms with Crippen molar-refractivity contribution in [1.82, 2.24) is 14.2 Å². The summed E-state index contributed by atoms with van der Waals surface area (Å²) in [5.41, 5.74) is 0.439. The van der Waals surface area contributed by atoms with Gasteiger partial charge in [-0.05, 0) is 43.5 Å². The van der Waals surface area contributed by atoms with Crippen LogP contribution in [0.4, 0.5) is 13.9 Å². The molecule has 4 rings (SSSR count). The van der Waals surface area contributed by atoms with Crippen molar-refractivity contribution in [2.75, 3.05) is 44.8 Å². The molecule has 9 nitrogen and oxygen atoms in total. The van der Waals surface area contributed by atoms with Crippen LogP contribution in [0.5, 0.6) is 0 Å². The fourth-order valence-electron chi connectivity index (χ4n) is 4.29.